The van der Waals surface area contributed by atoms with Gasteiger partial charge in [-0.2, -0.15) is 5.26 Å². The largest absolute Gasteiger partial charge is 0.496 e. The van der Waals surface area contributed by atoms with Crippen LogP contribution in [0.4, 0.5) is 14.5 Å². The summed E-state index contributed by atoms with van der Waals surface area (Å²) in [6, 6.07) is 10.6. The molecule has 1 aliphatic rings. The van der Waals surface area contributed by atoms with E-state index in [-0.39, 0.29) is 42.6 Å². The highest BCUT2D eigenvalue weighted by atomic mass is 19.1. The van der Waals surface area contributed by atoms with E-state index in [1.165, 1.54) is 19.4 Å². The number of methoxy groups -OCH3 is 1. The van der Waals surface area contributed by atoms with E-state index in [0.717, 1.165) is 12.1 Å². The third kappa shape index (κ3) is 4.69. The molecular formula is C27H23F2N5O4. The van der Waals surface area contributed by atoms with E-state index in [0.29, 0.717) is 33.5 Å². The van der Waals surface area contributed by atoms with Crippen LogP contribution in [0.2, 0.25) is 0 Å². The quantitative estimate of drug-likeness (QED) is 0.328. The normalized spacial score (nSPS) is 16.9. The van der Waals surface area contributed by atoms with Crippen LogP contribution in [-0.4, -0.2) is 47.5 Å². The summed E-state index contributed by atoms with van der Waals surface area (Å²) in [5, 5.41) is 21.8. The van der Waals surface area contributed by atoms with Crippen LogP contribution in [0.25, 0.3) is 22.2 Å². The van der Waals surface area contributed by atoms with Gasteiger partial charge in [0.25, 0.3) is 6.02 Å². The molecule has 1 aliphatic heterocycles. The summed E-state index contributed by atoms with van der Waals surface area (Å²) in [7, 11) is 1.49. The first-order valence-corrected chi connectivity index (χ1v) is 11.7. The minimum absolute atomic E-state index is 0.0731. The van der Waals surface area contributed by atoms with Gasteiger partial charge >= 0.3 is 0 Å². The molecule has 0 spiro atoms. The van der Waals surface area contributed by atoms with Crippen LogP contribution >= 0.6 is 0 Å². The molecule has 0 radical (unpaired) electrons. The number of fused-ring (bicyclic) bond motifs is 1. The van der Waals surface area contributed by atoms with Gasteiger partial charge in [0.05, 0.1) is 43.4 Å². The topological polar surface area (TPSA) is 125 Å². The van der Waals surface area contributed by atoms with E-state index >= 15 is 8.78 Å². The van der Waals surface area contributed by atoms with Crippen LogP contribution < -0.4 is 14.8 Å². The van der Waals surface area contributed by atoms with E-state index in [9.17, 15) is 10.4 Å². The van der Waals surface area contributed by atoms with Gasteiger partial charge in [-0.05, 0) is 31.2 Å². The van der Waals surface area contributed by atoms with Crippen molar-refractivity contribution in [3.05, 3.63) is 66.0 Å². The molecule has 2 aromatic heterocycles. The molecule has 38 heavy (non-hydrogen) atoms. The fourth-order valence-corrected chi connectivity index (χ4v) is 4.20. The maximum Gasteiger partial charge on any atom is 0.289 e. The van der Waals surface area contributed by atoms with Crippen LogP contribution in [-0.2, 0) is 4.74 Å². The summed E-state index contributed by atoms with van der Waals surface area (Å²) < 4.78 is 46.9. The summed E-state index contributed by atoms with van der Waals surface area (Å²) >= 11 is 0. The summed E-state index contributed by atoms with van der Waals surface area (Å²) in [5.74, 6) is -2.02. The number of hydrogen-bond acceptors (Lipinski definition) is 8. The minimum Gasteiger partial charge on any atom is -0.496 e. The van der Waals surface area contributed by atoms with Crippen LogP contribution in [0, 0.1) is 28.9 Å². The molecule has 0 bridgehead atoms. The van der Waals surface area contributed by atoms with E-state index < -0.39 is 17.4 Å². The lowest BCUT2D eigenvalue weighted by atomic mass is 10.0. The van der Waals surface area contributed by atoms with E-state index in [1.807, 2.05) is 6.92 Å². The number of aliphatic imine (C=N–C) groups is 1. The number of pyridine rings is 1. The van der Waals surface area contributed by atoms with Crippen molar-refractivity contribution in [1.29, 1.82) is 5.26 Å². The Kier molecular flexibility index (Phi) is 6.81. The second kappa shape index (κ2) is 10.4. The number of anilines is 1. The smallest absolute Gasteiger partial charge is 0.289 e. The Hall–Kier alpha value is -4.69. The molecule has 5 rings (SSSR count). The second-order valence-corrected chi connectivity index (χ2v) is 8.69. The zero-order valence-electron chi connectivity index (χ0n) is 20.5. The van der Waals surface area contributed by atoms with Crippen molar-refractivity contribution in [3.8, 4) is 34.4 Å². The van der Waals surface area contributed by atoms with Crippen molar-refractivity contribution in [2.45, 2.75) is 13.0 Å². The minimum atomic E-state index is -0.941. The summed E-state index contributed by atoms with van der Waals surface area (Å²) in [5.41, 5.74) is 2.20. The summed E-state index contributed by atoms with van der Waals surface area (Å²) in [4.78, 5) is 11.6. The highest BCUT2D eigenvalue weighted by molar-refractivity contribution is 5.99. The van der Waals surface area contributed by atoms with Crippen LogP contribution in [0.1, 0.15) is 12.5 Å². The number of nitriles is 1. The van der Waals surface area contributed by atoms with Gasteiger partial charge in [-0.1, -0.05) is 0 Å². The third-order valence-corrected chi connectivity index (χ3v) is 6.29. The molecule has 2 aromatic carbocycles. The fourth-order valence-electron chi connectivity index (χ4n) is 4.20. The van der Waals surface area contributed by atoms with Crippen molar-refractivity contribution in [2.24, 2.45) is 10.9 Å². The van der Waals surface area contributed by atoms with E-state index in [4.69, 9.17) is 14.2 Å². The van der Waals surface area contributed by atoms with Gasteiger partial charge in [0.15, 0.2) is 17.4 Å². The molecule has 2 atom stereocenters. The third-order valence-electron chi connectivity index (χ3n) is 6.29. The average molecular weight is 520 g/mol. The number of ether oxygens (including phenoxy) is 3. The van der Waals surface area contributed by atoms with Crippen molar-refractivity contribution in [3.63, 3.8) is 0 Å². The number of hydrogen-bond donors (Lipinski definition) is 3. The molecule has 0 saturated carbocycles. The standard InChI is InChI=1S/C27H23F2N5O4/c1-14-16(12-35)13-37-27(33-14)34-17-8-20(28)25(21(29)9-17)38-22-5-6-31-26-24(22)19(11-32-26)18-4-3-15(10-30)7-23(18)36-2/h3-9,11,14,16,35H,12-13H2,1-2H3,(H,31,32)(H,33,34). The number of aliphatic hydroxyl groups is 1. The van der Waals surface area contributed by atoms with Crippen molar-refractivity contribution in [1.82, 2.24) is 9.97 Å². The van der Waals surface area contributed by atoms with Crippen molar-refractivity contribution in [2.75, 3.05) is 25.6 Å². The lowest BCUT2D eigenvalue weighted by Gasteiger charge is -2.26. The first kappa shape index (κ1) is 25.0. The average Bonchev–Trinajstić information content (AvgIpc) is 3.35. The number of nitrogens with zero attached hydrogens (tertiary/aromatic N) is 3. The Bertz CT molecular complexity index is 1560. The second-order valence-electron chi connectivity index (χ2n) is 8.69. The lowest BCUT2D eigenvalue weighted by molar-refractivity contribution is 0.125. The molecule has 2 unspecified atom stereocenters. The molecule has 3 heterocycles. The first-order chi connectivity index (χ1) is 18.4. The molecule has 9 nitrogen and oxygen atoms in total. The molecule has 0 fully saturated rings. The lowest BCUT2D eigenvalue weighted by Crippen LogP contribution is -2.35. The molecule has 194 valence electrons. The SMILES string of the molecule is COc1cc(C#N)ccc1-c1c[nH]c2nccc(Oc3c(F)cc(NC4=NC(C)C(CO)CO4)cc3F)c12. The Morgan fingerprint density at radius 2 is 1.97 bits per heavy atom. The van der Waals surface area contributed by atoms with Gasteiger partial charge in [-0.15, -0.1) is 0 Å². The Balaban J connectivity index is 1.48. The molecule has 0 saturated heterocycles. The zero-order valence-corrected chi connectivity index (χ0v) is 20.5. The van der Waals surface area contributed by atoms with Crippen LogP contribution in [0.3, 0.4) is 0 Å². The molecule has 0 aliphatic carbocycles. The Morgan fingerprint density at radius 1 is 1.18 bits per heavy atom. The maximum absolute atomic E-state index is 15.1. The molecule has 4 aromatic rings. The summed E-state index contributed by atoms with van der Waals surface area (Å²) in [6.07, 6.45) is 3.14. The van der Waals surface area contributed by atoms with Crippen molar-refractivity contribution >= 4 is 22.7 Å². The van der Waals surface area contributed by atoms with Gasteiger partial charge in [-0.3, -0.25) is 0 Å². The van der Waals surface area contributed by atoms with Crippen molar-refractivity contribution < 1.29 is 28.1 Å². The number of nitrogens with one attached hydrogen (secondary N) is 2. The molecular weight excluding hydrogens is 496 g/mol. The molecule has 0 amide bonds. The maximum atomic E-state index is 15.1. The number of amidine groups is 1. The van der Waals surface area contributed by atoms with E-state index in [2.05, 4.69) is 26.3 Å². The monoisotopic (exact) mass is 519 g/mol. The predicted molar refractivity (Wildman–Crippen MR) is 136 cm³/mol. The first-order valence-electron chi connectivity index (χ1n) is 11.7. The van der Waals surface area contributed by atoms with Gasteiger partial charge in [0, 0.05) is 47.3 Å². The fraction of sp³-hybridized carbons (Fsp3) is 0.222. The van der Waals surface area contributed by atoms with Gasteiger partial charge in [0.1, 0.15) is 17.1 Å². The van der Waals surface area contributed by atoms with Crippen LogP contribution in [0.15, 0.2) is 53.8 Å². The predicted octanol–water partition coefficient (Wildman–Crippen LogP) is 4.98. The Labute approximate surface area is 216 Å². The van der Waals surface area contributed by atoms with E-state index in [1.54, 1.807) is 24.4 Å². The number of H-pyrrole nitrogens is 1. The number of benzene rings is 2. The highest BCUT2D eigenvalue weighted by Gasteiger charge is 2.24. The summed E-state index contributed by atoms with van der Waals surface area (Å²) in [6.45, 7) is 1.98. The Morgan fingerprint density at radius 3 is 2.66 bits per heavy atom. The van der Waals surface area contributed by atoms with Crippen LogP contribution in [0.5, 0.6) is 17.2 Å². The zero-order chi connectivity index (χ0) is 26.8. The number of rotatable bonds is 6. The highest BCUT2D eigenvalue weighted by Crippen LogP contribution is 2.41. The van der Waals surface area contributed by atoms with Gasteiger partial charge < -0.3 is 29.6 Å². The number of halogens is 2. The molecule has 11 heteroatoms. The van der Waals surface area contributed by atoms with Gasteiger partial charge in [0.2, 0.25) is 0 Å². The number of aliphatic hydroxyl groups excluding tert-OH is 1. The number of aromatic amines is 1. The number of aromatic nitrogens is 2. The van der Waals surface area contributed by atoms with Gasteiger partial charge in [-0.25, -0.2) is 18.8 Å². The molecule has 3 N–H and O–H groups in total.